The first kappa shape index (κ1) is 13.3. The molecule has 3 rings (SSSR count). The standard InChI is InChI=1S/C14H14N4O3/c1-4-20-14(19)10-7-15-18-9(3)6-11(16-13(10)18)12-5-8(2)17-21-12/h5-7H,4H2,1-3H3. The van der Waals surface area contributed by atoms with Gasteiger partial charge in [-0.3, -0.25) is 0 Å². The summed E-state index contributed by atoms with van der Waals surface area (Å²) in [7, 11) is 0. The van der Waals surface area contributed by atoms with Gasteiger partial charge in [0.2, 0.25) is 0 Å². The van der Waals surface area contributed by atoms with Crippen LogP contribution in [-0.2, 0) is 4.74 Å². The number of fused-ring (bicyclic) bond motifs is 1. The third-order valence-electron chi connectivity index (χ3n) is 3.03. The Kier molecular flexibility index (Phi) is 3.17. The Hall–Kier alpha value is -2.70. The number of hydrogen-bond donors (Lipinski definition) is 0. The van der Waals surface area contributed by atoms with Crippen molar-refractivity contribution in [2.75, 3.05) is 6.61 Å². The Morgan fingerprint density at radius 3 is 2.86 bits per heavy atom. The molecule has 3 heterocycles. The van der Waals surface area contributed by atoms with Gasteiger partial charge in [-0.15, -0.1) is 0 Å². The lowest BCUT2D eigenvalue weighted by Crippen LogP contribution is -2.06. The van der Waals surface area contributed by atoms with Gasteiger partial charge in [0.15, 0.2) is 11.4 Å². The molecule has 0 saturated carbocycles. The molecule has 0 aliphatic heterocycles. The van der Waals surface area contributed by atoms with Gasteiger partial charge < -0.3 is 9.26 Å². The third kappa shape index (κ3) is 2.26. The van der Waals surface area contributed by atoms with Crippen LogP contribution < -0.4 is 0 Å². The summed E-state index contributed by atoms with van der Waals surface area (Å²) in [6.45, 7) is 5.77. The van der Waals surface area contributed by atoms with E-state index in [1.807, 2.05) is 19.9 Å². The highest BCUT2D eigenvalue weighted by atomic mass is 16.5. The van der Waals surface area contributed by atoms with Crippen molar-refractivity contribution in [3.8, 4) is 11.5 Å². The van der Waals surface area contributed by atoms with E-state index in [-0.39, 0.29) is 0 Å². The molecular weight excluding hydrogens is 272 g/mol. The largest absolute Gasteiger partial charge is 0.462 e. The van der Waals surface area contributed by atoms with E-state index in [1.54, 1.807) is 17.5 Å². The Labute approximate surface area is 120 Å². The van der Waals surface area contributed by atoms with Crippen LogP contribution in [0.25, 0.3) is 17.1 Å². The molecule has 0 aliphatic carbocycles. The average Bonchev–Trinajstić information content (AvgIpc) is 3.05. The Morgan fingerprint density at radius 1 is 1.38 bits per heavy atom. The van der Waals surface area contributed by atoms with E-state index in [1.165, 1.54) is 6.20 Å². The fourth-order valence-electron chi connectivity index (χ4n) is 2.08. The Bertz CT molecular complexity index is 819. The minimum Gasteiger partial charge on any atom is -0.462 e. The number of nitrogens with zero attached hydrogens (tertiary/aromatic N) is 4. The summed E-state index contributed by atoms with van der Waals surface area (Å²) in [5, 5.41) is 8.02. The van der Waals surface area contributed by atoms with Gasteiger partial charge in [-0.25, -0.2) is 14.3 Å². The predicted molar refractivity (Wildman–Crippen MR) is 73.9 cm³/mol. The van der Waals surface area contributed by atoms with Crippen molar-refractivity contribution in [1.29, 1.82) is 0 Å². The van der Waals surface area contributed by atoms with Crippen LogP contribution in [0.5, 0.6) is 0 Å². The molecule has 0 amide bonds. The van der Waals surface area contributed by atoms with E-state index in [2.05, 4.69) is 15.2 Å². The fourth-order valence-corrected chi connectivity index (χ4v) is 2.08. The molecule has 0 aliphatic rings. The molecular formula is C14H14N4O3. The number of aromatic nitrogens is 4. The number of hydrogen-bond acceptors (Lipinski definition) is 6. The molecule has 0 unspecified atom stereocenters. The summed E-state index contributed by atoms with van der Waals surface area (Å²) in [5.41, 5.74) is 2.98. The quantitative estimate of drug-likeness (QED) is 0.686. The molecule has 0 saturated heterocycles. The second kappa shape index (κ2) is 5.01. The number of aryl methyl sites for hydroxylation is 2. The maximum atomic E-state index is 11.9. The number of esters is 1. The lowest BCUT2D eigenvalue weighted by Gasteiger charge is -2.03. The number of carbonyl (C=O) groups is 1. The van der Waals surface area contributed by atoms with Crippen molar-refractivity contribution in [1.82, 2.24) is 19.8 Å². The molecule has 0 fully saturated rings. The zero-order valence-corrected chi connectivity index (χ0v) is 12.0. The van der Waals surface area contributed by atoms with E-state index < -0.39 is 5.97 Å². The van der Waals surface area contributed by atoms with Gasteiger partial charge in [0.1, 0.15) is 11.3 Å². The van der Waals surface area contributed by atoms with E-state index in [0.717, 1.165) is 11.4 Å². The molecule has 0 bridgehead atoms. The van der Waals surface area contributed by atoms with Crippen molar-refractivity contribution in [2.45, 2.75) is 20.8 Å². The average molecular weight is 286 g/mol. The van der Waals surface area contributed by atoms with Crippen LogP contribution in [0.2, 0.25) is 0 Å². The number of rotatable bonds is 3. The minimum atomic E-state index is -0.440. The van der Waals surface area contributed by atoms with Crippen molar-refractivity contribution >= 4 is 11.6 Å². The zero-order valence-electron chi connectivity index (χ0n) is 12.0. The number of carbonyl (C=O) groups excluding carboxylic acids is 1. The summed E-state index contributed by atoms with van der Waals surface area (Å²) in [5.74, 6) is 0.111. The Morgan fingerprint density at radius 2 is 2.19 bits per heavy atom. The first-order valence-electron chi connectivity index (χ1n) is 6.56. The third-order valence-corrected chi connectivity index (χ3v) is 3.03. The molecule has 0 N–H and O–H groups in total. The molecule has 7 nitrogen and oxygen atoms in total. The van der Waals surface area contributed by atoms with Gasteiger partial charge in [-0.1, -0.05) is 5.16 Å². The van der Waals surface area contributed by atoms with E-state index in [9.17, 15) is 4.79 Å². The SMILES string of the molecule is CCOC(=O)c1cnn2c(C)cc(-c3cc(C)no3)nc12. The van der Waals surface area contributed by atoms with Crippen LogP contribution in [0.15, 0.2) is 22.9 Å². The molecule has 0 atom stereocenters. The first-order chi connectivity index (χ1) is 10.1. The normalized spacial score (nSPS) is 11.0. The molecule has 0 radical (unpaired) electrons. The van der Waals surface area contributed by atoms with Crippen molar-refractivity contribution < 1.29 is 14.1 Å². The molecule has 3 aromatic heterocycles. The van der Waals surface area contributed by atoms with E-state index >= 15 is 0 Å². The maximum absolute atomic E-state index is 11.9. The first-order valence-corrected chi connectivity index (χ1v) is 6.56. The highest BCUT2D eigenvalue weighted by Gasteiger charge is 2.18. The molecule has 108 valence electrons. The summed E-state index contributed by atoms with van der Waals surface area (Å²) in [4.78, 5) is 16.4. The van der Waals surface area contributed by atoms with Crippen molar-refractivity contribution in [3.05, 3.63) is 35.3 Å². The predicted octanol–water partition coefficient (Wildman–Crippen LogP) is 2.18. The maximum Gasteiger partial charge on any atom is 0.343 e. The van der Waals surface area contributed by atoms with Crippen LogP contribution in [0.1, 0.15) is 28.7 Å². The van der Waals surface area contributed by atoms with Crippen LogP contribution in [-0.4, -0.2) is 32.3 Å². The minimum absolute atomic E-state index is 0.302. The van der Waals surface area contributed by atoms with Gasteiger partial charge >= 0.3 is 5.97 Å². The van der Waals surface area contributed by atoms with E-state index in [0.29, 0.717) is 29.3 Å². The highest BCUT2D eigenvalue weighted by molar-refractivity contribution is 5.95. The highest BCUT2D eigenvalue weighted by Crippen LogP contribution is 2.22. The fraction of sp³-hybridized carbons (Fsp3) is 0.286. The van der Waals surface area contributed by atoms with Crippen LogP contribution in [0.3, 0.4) is 0 Å². The molecule has 21 heavy (non-hydrogen) atoms. The topological polar surface area (TPSA) is 82.5 Å². The molecule has 0 spiro atoms. The molecule has 7 heteroatoms. The second-order valence-electron chi connectivity index (χ2n) is 4.63. The summed E-state index contributed by atoms with van der Waals surface area (Å²) >= 11 is 0. The van der Waals surface area contributed by atoms with Crippen molar-refractivity contribution in [3.63, 3.8) is 0 Å². The molecule has 0 aromatic carbocycles. The monoisotopic (exact) mass is 286 g/mol. The van der Waals surface area contributed by atoms with Crippen LogP contribution >= 0.6 is 0 Å². The van der Waals surface area contributed by atoms with Gasteiger partial charge in [0.05, 0.1) is 18.5 Å². The van der Waals surface area contributed by atoms with Gasteiger partial charge in [0.25, 0.3) is 0 Å². The smallest absolute Gasteiger partial charge is 0.343 e. The lowest BCUT2D eigenvalue weighted by atomic mass is 10.2. The van der Waals surface area contributed by atoms with Crippen LogP contribution in [0.4, 0.5) is 0 Å². The van der Waals surface area contributed by atoms with Gasteiger partial charge in [-0.2, -0.15) is 5.10 Å². The van der Waals surface area contributed by atoms with Gasteiger partial charge in [-0.05, 0) is 26.8 Å². The van der Waals surface area contributed by atoms with E-state index in [4.69, 9.17) is 9.26 Å². The second-order valence-corrected chi connectivity index (χ2v) is 4.63. The lowest BCUT2D eigenvalue weighted by molar-refractivity contribution is 0.0528. The zero-order chi connectivity index (χ0) is 15.0. The summed E-state index contributed by atoms with van der Waals surface area (Å²) < 4.78 is 11.8. The summed E-state index contributed by atoms with van der Waals surface area (Å²) in [6.07, 6.45) is 1.46. The summed E-state index contributed by atoms with van der Waals surface area (Å²) in [6, 6.07) is 3.62. The molecule has 3 aromatic rings. The number of ether oxygens (including phenoxy) is 1. The van der Waals surface area contributed by atoms with Crippen LogP contribution in [0, 0.1) is 13.8 Å². The van der Waals surface area contributed by atoms with Gasteiger partial charge in [0, 0.05) is 11.8 Å². The Balaban J connectivity index is 2.17. The van der Waals surface area contributed by atoms with Crippen molar-refractivity contribution in [2.24, 2.45) is 0 Å².